The van der Waals surface area contributed by atoms with Crippen LogP contribution in [-0.4, -0.2) is 22.4 Å². The molecule has 0 amide bonds. The summed E-state index contributed by atoms with van der Waals surface area (Å²) in [5.74, 6) is 0. The van der Waals surface area contributed by atoms with Gasteiger partial charge in [0.05, 0.1) is 4.92 Å². The molecule has 1 aromatic carbocycles. The van der Waals surface area contributed by atoms with E-state index in [4.69, 9.17) is 0 Å². The van der Waals surface area contributed by atoms with E-state index >= 15 is 0 Å². The second-order valence-corrected chi connectivity index (χ2v) is 5.12. The highest BCUT2D eigenvalue weighted by atomic mass is 79.9. The predicted octanol–water partition coefficient (Wildman–Crippen LogP) is 2.09. The number of rotatable bonds is 3. The first-order chi connectivity index (χ1) is 6.93. The number of nitro benzene ring substituents is 1. The molecule has 15 heavy (non-hydrogen) atoms. The van der Waals surface area contributed by atoms with E-state index in [1.54, 1.807) is 19.2 Å². The quantitative estimate of drug-likeness (QED) is 0.633. The van der Waals surface area contributed by atoms with Gasteiger partial charge in [-0.05, 0) is 12.1 Å². The van der Waals surface area contributed by atoms with E-state index in [1.807, 2.05) is 0 Å². The number of halogens is 1. The molecule has 82 valence electrons. The summed E-state index contributed by atoms with van der Waals surface area (Å²) in [6, 6.07) is 4.52. The monoisotopic (exact) mass is 292 g/mol. The molecule has 0 saturated carbocycles. The number of anilines is 1. The lowest BCUT2D eigenvalue weighted by atomic mass is 10.3. The first-order valence-electron chi connectivity index (χ1n) is 3.94. The van der Waals surface area contributed by atoms with Crippen LogP contribution in [0, 0.1) is 10.1 Å². The van der Waals surface area contributed by atoms with Crippen LogP contribution in [0.2, 0.25) is 0 Å². The van der Waals surface area contributed by atoms with Crippen molar-refractivity contribution in [3.05, 3.63) is 32.8 Å². The molecule has 0 aliphatic heterocycles. The highest BCUT2D eigenvalue weighted by Gasteiger charge is 2.18. The van der Waals surface area contributed by atoms with Crippen molar-refractivity contribution >= 4 is 38.3 Å². The second kappa shape index (κ2) is 4.71. The Balaban J connectivity index is 3.30. The van der Waals surface area contributed by atoms with Gasteiger partial charge in [0, 0.05) is 23.8 Å². The molecule has 0 fully saturated rings. The molecule has 0 N–H and O–H groups in total. The van der Waals surface area contributed by atoms with Gasteiger partial charge >= 0.3 is 0 Å². The maximum Gasteiger partial charge on any atom is 0.293 e. The molecular formula is C8H9BrN2O3S. The molecule has 0 aromatic heterocycles. The molecule has 0 aliphatic carbocycles. The average Bonchev–Trinajstić information content (AvgIpc) is 2.15. The van der Waals surface area contributed by atoms with Crippen molar-refractivity contribution in [2.75, 3.05) is 17.6 Å². The third-order valence-electron chi connectivity index (χ3n) is 1.86. The van der Waals surface area contributed by atoms with Gasteiger partial charge in [-0.2, -0.15) is 0 Å². The smallest absolute Gasteiger partial charge is 0.289 e. The number of hydrogen-bond acceptors (Lipinski definition) is 3. The Morgan fingerprint density at radius 2 is 2.13 bits per heavy atom. The van der Waals surface area contributed by atoms with Gasteiger partial charge < -0.3 is 0 Å². The lowest BCUT2D eigenvalue weighted by Gasteiger charge is -2.15. The van der Waals surface area contributed by atoms with Gasteiger partial charge in [0.25, 0.3) is 5.69 Å². The normalized spacial score (nSPS) is 12.2. The fraction of sp³-hybridized carbons (Fsp3) is 0.250. The Labute approximate surface area is 98.0 Å². The third-order valence-corrected chi connectivity index (χ3v) is 3.32. The zero-order chi connectivity index (χ0) is 11.6. The highest BCUT2D eigenvalue weighted by Crippen LogP contribution is 2.30. The fourth-order valence-electron chi connectivity index (χ4n) is 1.04. The largest absolute Gasteiger partial charge is 0.293 e. The van der Waals surface area contributed by atoms with Crippen LogP contribution < -0.4 is 4.31 Å². The van der Waals surface area contributed by atoms with Gasteiger partial charge in [0.1, 0.15) is 16.7 Å². The van der Waals surface area contributed by atoms with E-state index in [9.17, 15) is 14.3 Å². The third kappa shape index (κ3) is 2.75. The maximum absolute atomic E-state index is 11.2. The summed E-state index contributed by atoms with van der Waals surface area (Å²) in [5.41, 5.74) is 0.270. The zero-order valence-corrected chi connectivity index (χ0v) is 10.5. The molecule has 0 saturated heterocycles. The van der Waals surface area contributed by atoms with E-state index in [-0.39, 0.29) is 5.69 Å². The number of benzene rings is 1. The average molecular weight is 293 g/mol. The van der Waals surface area contributed by atoms with Crippen molar-refractivity contribution in [1.82, 2.24) is 0 Å². The molecule has 1 aromatic rings. The van der Waals surface area contributed by atoms with Crippen LogP contribution in [0.15, 0.2) is 22.7 Å². The first-order valence-corrected chi connectivity index (χ1v) is 6.25. The Morgan fingerprint density at radius 1 is 1.53 bits per heavy atom. The van der Waals surface area contributed by atoms with Crippen molar-refractivity contribution in [3.8, 4) is 0 Å². The standard InChI is InChI=1S/C8H9BrN2O3S/c1-10(15(2)14)8-5-6(9)3-4-7(8)11(12)13/h3-5H,1-2H3. The minimum atomic E-state index is -1.29. The molecule has 1 atom stereocenters. The van der Waals surface area contributed by atoms with Gasteiger partial charge in [-0.1, -0.05) is 15.9 Å². The van der Waals surface area contributed by atoms with Gasteiger partial charge in [0.2, 0.25) is 0 Å². The molecule has 1 unspecified atom stereocenters. The van der Waals surface area contributed by atoms with Crippen molar-refractivity contribution in [1.29, 1.82) is 0 Å². The summed E-state index contributed by atoms with van der Waals surface area (Å²) in [5, 5.41) is 10.7. The molecule has 0 radical (unpaired) electrons. The van der Waals surface area contributed by atoms with Crippen LogP contribution in [0.5, 0.6) is 0 Å². The van der Waals surface area contributed by atoms with Gasteiger partial charge in [-0.25, -0.2) is 4.21 Å². The van der Waals surface area contributed by atoms with E-state index < -0.39 is 15.9 Å². The van der Waals surface area contributed by atoms with Crippen molar-refractivity contribution in [3.63, 3.8) is 0 Å². The molecule has 0 bridgehead atoms. The minimum absolute atomic E-state index is 0.0594. The van der Waals surface area contributed by atoms with E-state index in [0.717, 1.165) is 0 Å². The molecular weight excluding hydrogens is 284 g/mol. The van der Waals surface area contributed by atoms with Crippen LogP contribution in [-0.2, 0) is 11.0 Å². The van der Waals surface area contributed by atoms with E-state index in [1.165, 1.54) is 16.6 Å². The topological polar surface area (TPSA) is 63.4 Å². The summed E-state index contributed by atoms with van der Waals surface area (Å²) >= 11 is 3.21. The summed E-state index contributed by atoms with van der Waals surface area (Å²) in [7, 11) is 0.258. The second-order valence-electron chi connectivity index (χ2n) is 2.81. The van der Waals surface area contributed by atoms with Crippen molar-refractivity contribution < 1.29 is 9.13 Å². The predicted molar refractivity (Wildman–Crippen MR) is 63.3 cm³/mol. The van der Waals surface area contributed by atoms with Gasteiger partial charge in [-0.15, -0.1) is 0 Å². The summed E-state index contributed by atoms with van der Waals surface area (Å²) in [4.78, 5) is 10.2. The lowest BCUT2D eigenvalue weighted by Crippen LogP contribution is -2.19. The Bertz CT molecular complexity index is 424. The zero-order valence-electron chi connectivity index (χ0n) is 8.14. The minimum Gasteiger partial charge on any atom is -0.289 e. The molecule has 0 heterocycles. The van der Waals surface area contributed by atoms with Crippen molar-refractivity contribution in [2.24, 2.45) is 0 Å². The lowest BCUT2D eigenvalue weighted by molar-refractivity contribution is -0.384. The maximum atomic E-state index is 11.2. The Kier molecular flexibility index (Phi) is 3.81. The number of nitro groups is 1. The molecule has 5 nitrogen and oxygen atoms in total. The number of nitrogens with zero attached hydrogens (tertiary/aromatic N) is 2. The Hall–Kier alpha value is -0.950. The summed E-state index contributed by atoms with van der Waals surface area (Å²) in [6.07, 6.45) is 1.46. The fourth-order valence-corrected chi connectivity index (χ4v) is 1.81. The molecule has 0 aliphatic rings. The van der Waals surface area contributed by atoms with Crippen LogP contribution >= 0.6 is 15.9 Å². The van der Waals surface area contributed by atoms with Crippen LogP contribution in [0.4, 0.5) is 11.4 Å². The van der Waals surface area contributed by atoms with Crippen LogP contribution in [0.3, 0.4) is 0 Å². The molecule has 1 rings (SSSR count). The van der Waals surface area contributed by atoms with Crippen molar-refractivity contribution in [2.45, 2.75) is 0 Å². The summed E-state index contributed by atoms with van der Waals surface area (Å²) < 4.78 is 13.3. The highest BCUT2D eigenvalue weighted by molar-refractivity contribution is 9.10. The molecule has 7 heteroatoms. The number of hydrogen-bond donors (Lipinski definition) is 0. The Morgan fingerprint density at radius 3 is 2.60 bits per heavy atom. The summed E-state index contributed by atoms with van der Waals surface area (Å²) in [6.45, 7) is 0. The van der Waals surface area contributed by atoms with Gasteiger partial charge in [0.15, 0.2) is 0 Å². The SMILES string of the molecule is CN(c1cc(Br)ccc1[N+](=O)[O-])S(C)=O. The van der Waals surface area contributed by atoms with Gasteiger partial charge in [-0.3, -0.25) is 14.4 Å². The van der Waals surface area contributed by atoms with E-state index in [2.05, 4.69) is 15.9 Å². The van der Waals surface area contributed by atoms with Crippen LogP contribution in [0.25, 0.3) is 0 Å². The molecule has 0 spiro atoms. The van der Waals surface area contributed by atoms with Crippen LogP contribution in [0.1, 0.15) is 0 Å². The first kappa shape index (κ1) is 12.1. The van der Waals surface area contributed by atoms with E-state index in [0.29, 0.717) is 10.2 Å².